The summed E-state index contributed by atoms with van der Waals surface area (Å²) in [7, 11) is 1.46. The number of hydrogen-bond acceptors (Lipinski definition) is 3. The number of carbonyl (C=O) groups is 1. The van der Waals surface area contributed by atoms with Crippen LogP contribution in [0.4, 0.5) is 4.39 Å². The summed E-state index contributed by atoms with van der Waals surface area (Å²) in [6.07, 6.45) is 16.8. The summed E-state index contributed by atoms with van der Waals surface area (Å²) in [4.78, 5) is 15.1. The highest BCUT2D eigenvalue weighted by atomic mass is 35.5. The molecular formula is C29H43ClFNO2. The summed E-state index contributed by atoms with van der Waals surface area (Å²) in [5.74, 6) is 1.17. The van der Waals surface area contributed by atoms with E-state index in [0.717, 1.165) is 49.8 Å². The Hall–Kier alpha value is -1.13. The molecule has 0 bridgehead atoms. The molecule has 3 aliphatic rings. The smallest absolute Gasteiger partial charge is 0.305 e. The highest BCUT2D eigenvalue weighted by Crippen LogP contribution is 2.45. The highest BCUT2D eigenvalue weighted by Gasteiger charge is 2.41. The van der Waals surface area contributed by atoms with E-state index < -0.39 is 0 Å². The molecule has 3 atom stereocenters. The van der Waals surface area contributed by atoms with Gasteiger partial charge in [0, 0.05) is 36.5 Å². The van der Waals surface area contributed by atoms with Crippen molar-refractivity contribution in [1.82, 2.24) is 4.90 Å². The van der Waals surface area contributed by atoms with Crippen LogP contribution in [-0.4, -0.2) is 37.1 Å². The maximum absolute atomic E-state index is 15.4. The predicted octanol–water partition coefficient (Wildman–Crippen LogP) is 7.76. The van der Waals surface area contributed by atoms with Crippen molar-refractivity contribution in [2.24, 2.45) is 17.8 Å². The van der Waals surface area contributed by atoms with Gasteiger partial charge in [-0.3, -0.25) is 9.69 Å². The van der Waals surface area contributed by atoms with E-state index in [4.69, 9.17) is 16.3 Å². The maximum Gasteiger partial charge on any atom is 0.305 e. The number of halogens is 2. The fraction of sp³-hybridized carbons (Fsp3) is 0.759. The van der Waals surface area contributed by atoms with Gasteiger partial charge in [-0.15, -0.1) is 0 Å². The first kappa shape index (κ1) is 25.9. The standard InChI is InChI=1S/C29H43ClFNO2/c1-34-28(33)17-23-13-8-14-27(29(23)25-16-15-24(30)18-26(25)31)32(19-21-9-4-2-5-10-21)20-22-11-6-3-7-12-22/h15-16,18,21-23,27,29H,2-14,17,19-20H2,1H3. The lowest BCUT2D eigenvalue weighted by molar-refractivity contribution is -0.142. The zero-order valence-electron chi connectivity index (χ0n) is 21.0. The van der Waals surface area contributed by atoms with E-state index in [1.807, 2.05) is 12.1 Å². The molecule has 3 nitrogen and oxygen atoms in total. The number of benzene rings is 1. The van der Waals surface area contributed by atoms with E-state index in [2.05, 4.69) is 4.90 Å². The van der Waals surface area contributed by atoms with E-state index in [9.17, 15) is 4.79 Å². The molecule has 4 rings (SSSR count). The number of carbonyl (C=O) groups excluding carboxylic acids is 1. The summed E-state index contributed by atoms with van der Waals surface area (Å²) in [6.45, 7) is 2.25. The summed E-state index contributed by atoms with van der Waals surface area (Å²) in [5.41, 5.74) is 0.736. The van der Waals surface area contributed by atoms with Gasteiger partial charge in [0.05, 0.1) is 7.11 Å². The Morgan fingerprint density at radius 2 is 1.56 bits per heavy atom. The number of nitrogens with zero attached hydrogens (tertiary/aromatic N) is 1. The number of hydrogen-bond donors (Lipinski definition) is 0. The zero-order valence-corrected chi connectivity index (χ0v) is 21.7. The molecular weight excluding hydrogens is 449 g/mol. The van der Waals surface area contributed by atoms with Gasteiger partial charge >= 0.3 is 5.97 Å². The van der Waals surface area contributed by atoms with E-state index in [1.54, 1.807) is 0 Å². The van der Waals surface area contributed by atoms with Gasteiger partial charge in [-0.05, 0) is 74.0 Å². The topological polar surface area (TPSA) is 29.5 Å². The summed E-state index contributed by atoms with van der Waals surface area (Å²) >= 11 is 6.13. The minimum absolute atomic E-state index is 0.00250. The molecule has 1 aromatic rings. The second-order valence-corrected chi connectivity index (χ2v) is 11.6. The Kier molecular flexibility index (Phi) is 9.70. The minimum atomic E-state index is -0.227. The van der Waals surface area contributed by atoms with Gasteiger partial charge in [0.1, 0.15) is 5.82 Å². The second-order valence-electron chi connectivity index (χ2n) is 11.2. The molecule has 0 radical (unpaired) electrons. The molecule has 5 heteroatoms. The van der Waals surface area contributed by atoms with Crippen LogP contribution in [-0.2, 0) is 9.53 Å². The van der Waals surface area contributed by atoms with E-state index in [0.29, 0.717) is 11.4 Å². The van der Waals surface area contributed by atoms with Crippen LogP contribution in [0.1, 0.15) is 101 Å². The monoisotopic (exact) mass is 491 g/mol. The fourth-order valence-electron chi connectivity index (χ4n) is 7.18. The van der Waals surface area contributed by atoms with E-state index in [-0.39, 0.29) is 29.7 Å². The Labute approximate surface area is 210 Å². The van der Waals surface area contributed by atoms with Gasteiger partial charge < -0.3 is 4.74 Å². The number of rotatable bonds is 8. The lowest BCUT2D eigenvalue weighted by Crippen LogP contribution is -2.49. The largest absolute Gasteiger partial charge is 0.469 e. The highest BCUT2D eigenvalue weighted by molar-refractivity contribution is 6.30. The molecule has 3 saturated carbocycles. The van der Waals surface area contributed by atoms with Gasteiger partial charge in [0.25, 0.3) is 0 Å². The summed E-state index contributed by atoms with van der Waals surface area (Å²) < 4.78 is 20.4. The van der Waals surface area contributed by atoms with Crippen molar-refractivity contribution in [3.05, 3.63) is 34.6 Å². The van der Waals surface area contributed by atoms with Crippen LogP contribution >= 0.6 is 11.6 Å². The Morgan fingerprint density at radius 3 is 2.12 bits per heavy atom. The maximum atomic E-state index is 15.4. The number of methoxy groups -OCH3 is 1. The van der Waals surface area contributed by atoms with Crippen molar-refractivity contribution in [3.8, 4) is 0 Å². The lowest BCUT2D eigenvalue weighted by Gasteiger charge is -2.47. The minimum Gasteiger partial charge on any atom is -0.469 e. The molecule has 1 aromatic carbocycles. The van der Waals surface area contributed by atoms with Gasteiger partial charge in [-0.25, -0.2) is 4.39 Å². The predicted molar refractivity (Wildman–Crippen MR) is 137 cm³/mol. The molecule has 3 fully saturated rings. The second kappa shape index (κ2) is 12.7. The van der Waals surface area contributed by atoms with Crippen LogP contribution in [0.3, 0.4) is 0 Å². The SMILES string of the molecule is COC(=O)CC1CCCC(N(CC2CCCCC2)CC2CCCCC2)C1c1ccc(Cl)cc1F. The molecule has 0 heterocycles. The molecule has 0 N–H and O–H groups in total. The Morgan fingerprint density at radius 1 is 0.941 bits per heavy atom. The third-order valence-corrected chi connectivity index (χ3v) is 9.11. The molecule has 0 aromatic heterocycles. The van der Waals surface area contributed by atoms with Crippen LogP contribution in [0.5, 0.6) is 0 Å². The third-order valence-electron chi connectivity index (χ3n) is 8.88. The molecule has 0 spiro atoms. The first-order valence-electron chi connectivity index (χ1n) is 13.8. The molecule has 0 amide bonds. The molecule has 3 aliphatic carbocycles. The van der Waals surface area contributed by atoms with Crippen molar-refractivity contribution in [2.75, 3.05) is 20.2 Å². The quantitative estimate of drug-likeness (QED) is 0.348. The normalized spacial score (nSPS) is 27.1. The molecule has 3 unspecified atom stereocenters. The Bertz CT molecular complexity index is 770. The van der Waals surface area contributed by atoms with Gasteiger partial charge in [0.15, 0.2) is 0 Å². The molecule has 190 valence electrons. The van der Waals surface area contributed by atoms with E-state index in [1.165, 1.54) is 77.4 Å². The first-order chi connectivity index (χ1) is 16.5. The van der Waals surface area contributed by atoms with Crippen LogP contribution in [0.15, 0.2) is 18.2 Å². The van der Waals surface area contributed by atoms with Crippen LogP contribution < -0.4 is 0 Å². The molecule has 0 saturated heterocycles. The lowest BCUT2D eigenvalue weighted by atomic mass is 9.69. The molecule has 0 aliphatic heterocycles. The van der Waals surface area contributed by atoms with Crippen molar-refractivity contribution < 1.29 is 13.9 Å². The summed E-state index contributed by atoms with van der Waals surface area (Å²) in [6, 6.07) is 5.41. The number of ether oxygens (including phenoxy) is 1. The van der Waals surface area contributed by atoms with Crippen LogP contribution in [0.25, 0.3) is 0 Å². The first-order valence-corrected chi connectivity index (χ1v) is 14.2. The Balaban J connectivity index is 1.64. The van der Waals surface area contributed by atoms with Crippen LogP contribution in [0.2, 0.25) is 5.02 Å². The van der Waals surface area contributed by atoms with Gasteiger partial charge in [0.2, 0.25) is 0 Å². The van der Waals surface area contributed by atoms with E-state index >= 15 is 4.39 Å². The van der Waals surface area contributed by atoms with Crippen LogP contribution in [0, 0.1) is 23.6 Å². The van der Waals surface area contributed by atoms with Crippen molar-refractivity contribution in [3.63, 3.8) is 0 Å². The van der Waals surface area contributed by atoms with Gasteiger partial charge in [-0.2, -0.15) is 0 Å². The van der Waals surface area contributed by atoms with Crippen molar-refractivity contribution in [2.45, 2.75) is 102 Å². The molecule has 34 heavy (non-hydrogen) atoms. The van der Waals surface area contributed by atoms with Gasteiger partial charge in [-0.1, -0.05) is 62.6 Å². The zero-order chi connectivity index (χ0) is 23.9. The third kappa shape index (κ3) is 6.75. The van der Waals surface area contributed by atoms with Crippen molar-refractivity contribution in [1.29, 1.82) is 0 Å². The fourth-order valence-corrected chi connectivity index (χ4v) is 7.34. The average Bonchev–Trinajstić information content (AvgIpc) is 2.85. The average molecular weight is 492 g/mol. The van der Waals surface area contributed by atoms with Crippen molar-refractivity contribution >= 4 is 17.6 Å². The number of esters is 1. The summed E-state index contributed by atoms with van der Waals surface area (Å²) in [5, 5.41) is 0.430.